The highest BCUT2D eigenvalue weighted by Gasteiger charge is 2.24. The van der Waals surface area contributed by atoms with Gasteiger partial charge in [-0.25, -0.2) is 4.99 Å². The Morgan fingerprint density at radius 1 is 1.06 bits per heavy atom. The highest BCUT2D eigenvalue weighted by Crippen LogP contribution is 2.34. The maximum Gasteiger partial charge on any atom is 0.264 e. The van der Waals surface area contributed by atoms with Crippen LogP contribution in [0.2, 0.25) is 5.02 Å². The van der Waals surface area contributed by atoms with Crippen LogP contribution in [-0.4, -0.2) is 18.2 Å². The van der Waals surface area contributed by atoms with Crippen LogP contribution in [0, 0.1) is 0 Å². The van der Waals surface area contributed by atoms with Crippen LogP contribution in [0.15, 0.2) is 82.7 Å². The lowest BCUT2D eigenvalue weighted by atomic mass is 10.2. The summed E-state index contributed by atoms with van der Waals surface area (Å²) < 4.78 is 11.1. The van der Waals surface area contributed by atoms with E-state index in [1.54, 1.807) is 25.3 Å². The minimum absolute atomic E-state index is 0.200. The SMILES string of the molecule is COc1ccc(Cl)cc1N=C1NC(=O)/C(=C/c2ccc(OCc3ccccc3)cc2)S1. The average Bonchev–Trinajstić information content (AvgIpc) is 3.12. The van der Waals surface area contributed by atoms with E-state index in [9.17, 15) is 4.79 Å². The van der Waals surface area contributed by atoms with Crippen LogP contribution in [0.25, 0.3) is 6.08 Å². The molecule has 7 heteroatoms. The van der Waals surface area contributed by atoms with Gasteiger partial charge in [-0.3, -0.25) is 4.79 Å². The number of methoxy groups -OCH3 is 1. The van der Waals surface area contributed by atoms with E-state index in [-0.39, 0.29) is 5.91 Å². The fraction of sp³-hybridized carbons (Fsp3) is 0.0833. The second kappa shape index (κ2) is 9.73. The first kappa shape index (κ1) is 21.0. The number of nitrogens with one attached hydrogen (secondary N) is 1. The van der Waals surface area contributed by atoms with E-state index in [1.807, 2.05) is 60.7 Å². The molecule has 156 valence electrons. The number of nitrogens with zero attached hydrogens (tertiary/aromatic N) is 1. The van der Waals surface area contributed by atoms with E-state index in [0.29, 0.717) is 33.1 Å². The first-order chi connectivity index (χ1) is 15.1. The topological polar surface area (TPSA) is 59.9 Å². The van der Waals surface area contributed by atoms with E-state index >= 15 is 0 Å². The van der Waals surface area contributed by atoms with Gasteiger partial charge < -0.3 is 14.8 Å². The van der Waals surface area contributed by atoms with Gasteiger partial charge in [-0.15, -0.1) is 0 Å². The van der Waals surface area contributed by atoms with Crippen molar-refractivity contribution in [3.05, 3.63) is 93.9 Å². The summed E-state index contributed by atoms with van der Waals surface area (Å²) in [5, 5.41) is 3.79. The summed E-state index contributed by atoms with van der Waals surface area (Å²) in [6.07, 6.45) is 1.82. The molecule has 0 saturated carbocycles. The molecule has 0 unspecified atom stereocenters. The van der Waals surface area contributed by atoms with Crippen LogP contribution in [0.4, 0.5) is 5.69 Å². The monoisotopic (exact) mass is 450 g/mol. The van der Waals surface area contributed by atoms with E-state index in [1.165, 1.54) is 11.8 Å². The molecule has 1 N–H and O–H groups in total. The van der Waals surface area contributed by atoms with E-state index < -0.39 is 0 Å². The number of amides is 1. The number of hydrogen-bond donors (Lipinski definition) is 1. The summed E-state index contributed by atoms with van der Waals surface area (Å²) in [4.78, 5) is 17.4. The standard InChI is InChI=1S/C24H19ClN2O3S/c1-29-21-12-9-18(25)14-20(21)26-24-27-23(28)22(31-24)13-16-7-10-19(11-8-16)30-15-17-5-3-2-4-6-17/h2-14H,15H2,1H3,(H,26,27,28)/b22-13-. The number of carbonyl (C=O) groups excluding carboxylic acids is 1. The first-order valence-electron chi connectivity index (χ1n) is 9.50. The molecule has 0 aliphatic carbocycles. The van der Waals surface area contributed by atoms with Gasteiger partial charge in [0.25, 0.3) is 5.91 Å². The summed E-state index contributed by atoms with van der Waals surface area (Å²) in [5.41, 5.74) is 2.56. The lowest BCUT2D eigenvalue weighted by molar-refractivity contribution is -0.115. The number of hydrogen-bond acceptors (Lipinski definition) is 5. The van der Waals surface area contributed by atoms with Crippen LogP contribution >= 0.6 is 23.4 Å². The summed E-state index contributed by atoms with van der Waals surface area (Å²) >= 11 is 7.32. The third kappa shape index (κ3) is 5.48. The molecule has 4 rings (SSSR count). The number of benzene rings is 3. The molecule has 31 heavy (non-hydrogen) atoms. The van der Waals surface area contributed by atoms with Crippen LogP contribution in [0.3, 0.4) is 0 Å². The Balaban J connectivity index is 1.44. The number of ether oxygens (including phenoxy) is 2. The Hall–Kier alpha value is -3.22. The van der Waals surface area contributed by atoms with Crippen LogP contribution < -0.4 is 14.8 Å². The van der Waals surface area contributed by atoms with Crippen molar-refractivity contribution in [3.63, 3.8) is 0 Å². The molecule has 1 heterocycles. The number of halogens is 1. The quantitative estimate of drug-likeness (QED) is 0.481. The summed E-state index contributed by atoms with van der Waals surface area (Å²) in [7, 11) is 1.56. The molecule has 1 amide bonds. The third-order valence-corrected chi connectivity index (χ3v) is 5.58. The predicted octanol–water partition coefficient (Wildman–Crippen LogP) is 5.82. The zero-order valence-corrected chi connectivity index (χ0v) is 18.2. The minimum atomic E-state index is -0.200. The number of aliphatic imine (C=N–C) groups is 1. The Labute approximate surface area is 189 Å². The van der Waals surface area contributed by atoms with Crippen molar-refractivity contribution >= 4 is 46.2 Å². The van der Waals surface area contributed by atoms with E-state index in [4.69, 9.17) is 21.1 Å². The Bertz CT molecular complexity index is 1150. The van der Waals surface area contributed by atoms with Gasteiger partial charge in [0.15, 0.2) is 5.17 Å². The van der Waals surface area contributed by atoms with Crippen molar-refractivity contribution in [2.45, 2.75) is 6.61 Å². The summed E-state index contributed by atoms with van der Waals surface area (Å²) in [6, 6.07) is 22.7. The number of thioether (sulfide) groups is 1. The number of amidine groups is 1. The first-order valence-corrected chi connectivity index (χ1v) is 10.7. The Kier molecular flexibility index (Phi) is 6.60. The van der Waals surface area contributed by atoms with Crippen LogP contribution in [0.1, 0.15) is 11.1 Å². The summed E-state index contributed by atoms with van der Waals surface area (Å²) in [5.74, 6) is 1.15. The molecule has 1 aliphatic rings. The number of carbonyl (C=O) groups is 1. The van der Waals surface area contributed by atoms with Gasteiger partial charge in [0.1, 0.15) is 23.8 Å². The van der Waals surface area contributed by atoms with Gasteiger partial charge in [0.05, 0.1) is 12.0 Å². The maximum absolute atomic E-state index is 12.4. The predicted molar refractivity (Wildman–Crippen MR) is 126 cm³/mol. The van der Waals surface area contributed by atoms with Crippen molar-refractivity contribution < 1.29 is 14.3 Å². The Morgan fingerprint density at radius 3 is 2.58 bits per heavy atom. The Morgan fingerprint density at radius 2 is 1.84 bits per heavy atom. The molecule has 5 nitrogen and oxygen atoms in total. The largest absolute Gasteiger partial charge is 0.494 e. The van der Waals surface area contributed by atoms with Gasteiger partial charge in [-0.2, -0.15) is 0 Å². The van der Waals surface area contributed by atoms with Crippen molar-refractivity contribution in [1.82, 2.24) is 5.32 Å². The van der Waals surface area contributed by atoms with Gasteiger partial charge in [-0.1, -0.05) is 54.1 Å². The van der Waals surface area contributed by atoms with Crippen LogP contribution in [-0.2, 0) is 11.4 Å². The molecular weight excluding hydrogens is 432 g/mol. The molecule has 0 spiro atoms. The summed E-state index contributed by atoms with van der Waals surface area (Å²) in [6.45, 7) is 0.506. The van der Waals surface area contributed by atoms with E-state index in [0.717, 1.165) is 16.9 Å². The third-order valence-electron chi connectivity index (χ3n) is 4.44. The van der Waals surface area contributed by atoms with Gasteiger partial charge in [0, 0.05) is 5.02 Å². The van der Waals surface area contributed by atoms with Crippen molar-refractivity contribution in [3.8, 4) is 11.5 Å². The lowest BCUT2D eigenvalue weighted by Gasteiger charge is -2.06. The fourth-order valence-corrected chi connectivity index (χ4v) is 3.89. The molecular formula is C24H19ClN2O3S. The molecule has 1 fully saturated rings. The lowest BCUT2D eigenvalue weighted by Crippen LogP contribution is -2.19. The van der Waals surface area contributed by atoms with Gasteiger partial charge >= 0.3 is 0 Å². The van der Waals surface area contributed by atoms with E-state index in [2.05, 4.69) is 10.3 Å². The average molecular weight is 451 g/mol. The molecule has 1 saturated heterocycles. The second-order valence-corrected chi connectivity index (χ2v) is 8.11. The zero-order valence-electron chi connectivity index (χ0n) is 16.7. The van der Waals surface area contributed by atoms with Crippen molar-refractivity contribution in [2.24, 2.45) is 4.99 Å². The smallest absolute Gasteiger partial charge is 0.264 e. The normalized spacial score (nSPS) is 15.9. The maximum atomic E-state index is 12.4. The molecule has 0 aromatic heterocycles. The van der Waals surface area contributed by atoms with Gasteiger partial charge in [-0.05, 0) is 59.3 Å². The second-order valence-electron chi connectivity index (χ2n) is 6.64. The van der Waals surface area contributed by atoms with Crippen LogP contribution in [0.5, 0.6) is 11.5 Å². The van der Waals surface area contributed by atoms with Crippen molar-refractivity contribution in [1.29, 1.82) is 0 Å². The van der Waals surface area contributed by atoms with Gasteiger partial charge in [0.2, 0.25) is 0 Å². The fourth-order valence-electron chi connectivity index (χ4n) is 2.89. The molecule has 0 atom stereocenters. The molecule has 3 aromatic carbocycles. The number of rotatable bonds is 6. The highest BCUT2D eigenvalue weighted by atomic mass is 35.5. The highest BCUT2D eigenvalue weighted by molar-refractivity contribution is 8.18. The van der Waals surface area contributed by atoms with Crippen molar-refractivity contribution in [2.75, 3.05) is 7.11 Å². The molecule has 3 aromatic rings. The minimum Gasteiger partial charge on any atom is -0.494 e. The molecule has 1 aliphatic heterocycles. The molecule has 0 radical (unpaired) electrons. The zero-order chi connectivity index (χ0) is 21.6. The molecule has 0 bridgehead atoms.